The average Bonchev–Trinajstić information content (AvgIpc) is 2.48. The lowest BCUT2D eigenvalue weighted by Gasteiger charge is -2.13. The zero-order valence-electron chi connectivity index (χ0n) is 11.0. The number of aromatic nitrogens is 2. The SMILES string of the molecule is COc1ncnc(OC)c1CNc1cccc(Cl)c1Br. The largest absolute Gasteiger partial charge is 0.481 e. The van der Waals surface area contributed by atoms with Crippen molar-refractivity contribution in [2.75, 3.05) is 19.5 Å². The third-order valence-electron chi connectivity index (χ3n) is 2.66. The third-order valence-corrected chi connectivity index (χ3v) is 4.06. The zero-order valence-corrected chi connectivity index (χ0v) is 13.3. The van der Waals surface area contributed by atoms with Crippen LogP contribution in [-0.2, 0) is 6.54 Å². The topological polar surface area (TPSA) is 56.3 Å². The molecule has 0 saturated carbocycles. The molecule has 0 fully saturated rings. The molecule has 0 amide bonds. The maximum Gasteiger partial charge on any atom is 0.225 e. The van der Waals surface area contributed by atoms with Gasteiger partial charge in [0.25, 0.3) is 0 Å². The van der Waals surface area contributed by atoms with Crippen molar-refractivity contribution in [1.82, 2.24) is 9.97 Å². The molecule has 1 heterocycles. The van der Waals surface area contributed by atoms with Crippen LogP contribution in [0.1, 0.15) is 5.56 Å². The van der Waals surface area contributed by atoms with Gasteiger partial charge in [0.05, 0.1) is 41.5 Å². The van der Waals surface area contributed by atoms with Crippen molar-refractivity contribution in [3.05, 3.63) is 39.6 Å². The number of halogens is 2. The summed E-state index contributed by atoms with van der Waals surface area (Å²) in [5, 5.41) is 3.89. The lowest BCUT2D eigenvalue weighted by Crippen LogP contribution is -2.07. The van der Waals surface area contributed by atoms with Crippen LogP contribution in [0.5, 0.6) is 11.8 Å². The monoisotopic (exact) mass is 357 g/mol. The van der Waals surface area contributed by atoms with Gasteiger partial charge in [-0.1, -0.05) is 17.7 Å². The molecule has 1 aromatic carbocycles. The highest BCUT2D eigenvalue weighted by atomic mass is 79.9. The first kappa shape index (κ1) is 14.9. The van der Waals surface area contributed by atoms with E-state index >= 15 is 0 Å². The van der Waals surface area contributed by atoms with Crippen LogP contribution >= 0.6 is 27.5 Å². The van der Waals surface area contributed by atoms with Crippen LogP contribution in [0.2, 0.25) is 5.02 Å². The van der Waals surface area contributed by atoms with Gasteiger partial charge in [0, 0.05) is 0 Å². The van der Waals surface area contributed by atoms with Gasteiger partial charge in [0.1, 0.15) is 6.33 Å². The predicted molar refractivity (Wildman–Crippen MR) is 81.6 cm³/mol. The Balaban J connectivity index is 2.24. The molecule has 5 nitrogen and oxygen atoms in total. The summed E-state index contributed by atoms with van der Waals surface area (Å²) in [6.45, 7) is 0.451. The lowest BCUT2D eigenvalue weighted by atomic mass is 10.2. The number of nitrogens with one attached hydrogen (secondary N) is 1. The van der Waals surface area contributed by atoms with Gasteiger partial charge < -0.3 is 14.8 Å². The molecule has 0 aliphatic rings. The van der Waals surface area contributed by atoms with Gasteiger partial charge in [-0.2, -0.15) is 0 Å². The molecule has 0 aliphatic carbocycles. The molecular weight excluding hydrogens is 346 g/mol. The summed E-state index contributed by atoms with van der Waals surface area (Å²) >= 11 is 9.49. The van der Waals surface area contributed by atoms with E-state index in [-0.39, 0.29) is 0 Å². The van der Waals surface area contributed by atoms with Gasteiger partial charge in [-0.15, -0.1) is 0 Å². The fourth-order valence-corrected chi connectivity index (χ4v) is 2.29. The van der Waals surface area contributed by atoms with E-state index in [9.17, 15) is 0 Å². The Morgan fingerprint density at radius 1 is 1.20 bits per heavy atom. The van der Waals surface area contributed by atoms with Gasteiger partial charge in [0.15, 0.2) is 0 Å². The first-order valence-electron chi connectivity index (χ1n) is 5.77. The van der Waals surface area contributed by atoms with Gasteiger partial charge in [-0.05, 0) is 28.1 Å². The van der Waals surface area contributed by atoms with Crippen LogP contribution in [0, 0.1) is 0 Å². The minimum atomic E-state index is 0.451. The van der Waals surface area contributed by atoms with Crippen molar-refractivity contribution < 1.29 is 9.47 Å². The van der Waals surface area contributed by atoms with E-state index in [1.807, 2.05) is 18.2 Å². The number of benzene rings is 1. The molecule has 0 aliphatic heterocycles. The Morgan fingerprint density at radius 3 is 2.45 bits per heavy atom. The van der Waals surface area contributed by atoms with Crippen LogP contribution in [0.25, 0.3) is 0 Å². The van der Waals surface area contributed by atoms with Gasteiger partial charge >= 0.3 is 0 Å². The molecule has 0 saturated heterocycles. The van der Waals surface area contributed by atoms with Crippen molar-refractivity contribution in [2.45, 2.75) is 6.54 Å². The van der Waals surface area contributed by atoms with Crippen molar-refractivity contribution in [3.63, 3.8) is 0 Å². The maximum absolute atomic E-state index is 6.05. The molecule has 2 aromatic rings. The smallest absolute Gasteiger partial charge is 0.225 e. The van der Waals surface area contributed by atoms with E-state index in [1.54, 1.807) is 14.2 Å². The number of nitrogens with zero attached hydrogens (tertiary/aromatic N) is 2. The van der Waals surface area contributed by atoms with Crippen LogP contribution < -0.4 is 14.8 Å². The maximum atomic E-state index is 6.05. The standard InChI is InChI=1S/C13H13BrClN3O2/c1-19-12-8(13(20-2)18-7-17-12)6-16-10-5-3-4-9(15)11(10)14/h3-5,7,16H,6H2,1-2H3. The summed E-state index contributed by atoms with van der Waals surface area (Å²) in [5.41, 5.74) is 1.61. The molecule has 2 rings (SSSR count). The highest BCUT2D eigenvalue weighted by molar-refractivity contribution is 9.10. The van der Waals surface area contributed by atoms with Crippen molar-refractivity contribution in [1.29, 1.82) is 0 Å². The van der Waals surface area contributed by atoms with E-state index in [4.69, 9.17) is 21.1 Å². The molecular formula is C13H13BrClN3O2. The van der Waals surface area contributed by atoms with Crippen LogP contribution in [-0.4, -0.2) is 24.2 Å². The quantitative estimate of drug-likeness (QED) is 0.886. The second-order valence-electron chi connectivity index (χ2n) is 3.83. The minimum absolute atomic E-state index is 0.451. The van der Waals surface area contributed by atoms with E-state index in [2.05, 4.69) is 31.2 Å². The first-order chi connectivity index (χ1) is 9.67. The Morgan fingerprint density at radius 2 is 1.85 bits per heavy atom. The zero-order chi connectivity index (χ0) is 14.5. The second kappa shape index (κ2) is 6.76. The molecule has 0 atom stereocenters. The first-order valence-corrected chi connectivity index (χ1v) is 6.94. The Labute approximate surface area is 130 Å². The molecule has 0 unspecified atom stereocenters. The number of methoxy groups -OCH3 is 2. The molecule has 0 bridgehead atoms. The fraction of sp³-hybridized carbons (Fsp3) is 0.231. The highest BCUT2D eigenvalue weighted by Gasteiger charge is 2.13. The van der Waals surface area contributed by atoms with Gasteiger partial charge in [0.2, 0.25) is 11.8 Å². The predicted octanol–water partition coefficient (Wildman–Crippen LogP) is 3.52. The molecule has 1 aromatic heterocycles. The van der Waals surface area contributed by atoms with E-state index in [1.165, 1.54) is 6.33 Å². The van der Waals surface area contributed by atoms with Gasteiger partial charge in [-0.3, -0.25) is 0 Å². The van der Waals surface area contributed by atoms with E-state index < -0.39 is 0 Å². The number of anilines is 1. The molecule has 106 valence electrons. The van der Waals surface area contributed by atoms with E-state index in [0.717, 1.165) is 15.7 Å². The Bertz CT molecular complexity index is 588. The number of hydrogen-bond donors (Lipinski definition) is 1. The van der Waals surface area contributed by atoms with Crippen molar-refractivity contribution in [3.8, 4) is 11.8 Å². The summed E-state index contributed by atoms with van der Waals surface area (Å²) in [6, 6.07) is 5.59. The molecule has 0 spiro atoms. The summed E-state index contributed by atoms with van der Waals surface area (Å²) in [6.07, 6.45) is 1.40. The van der Waals surface area contributed by atoms with Crippen LogP contribution in [0.3, 0.4) is 0 Å². The summed E-state index contributed by atoms with van der Waals surface area (Å²) < 4.78 is 11.2. The minimum Gasteiger partial charge on any atom is -0.481 e. The fourth-order valence-electron chi connectivity index (χ4n) is 1.71. The summed E-state index contributed by atoms with van der Waals surface area (Å²) in [5.74, 6) is 0.949. The molecule has 7 heteroatoms. The van der Waals surface area contributed by atoms with Crippen molar-refractivity contribution >= 4 is 33.2 Å². The van der Waals surface area contributed by atoms with Crippen molar-refractivity contribution in [2.24, 2.45) is 0 Å². The number of ether oxygens (including phenoxy) is 2. The Hall–Kier alpha value is -1.53. The normalized spacial score (nSPS) is 10.2. The van der Waals surface area contributed by atoms with Gasteiger partial charge in [-0.25, -0.2) is 9.97 Å². The third kappa shape index (κ3) is 3.13. The molecule has 1 N–H and O–H groups in total. The van der Waals surface area contributed by atoms with Crippen LogP contribution in [0.15, 0.2) is 29.0 Å². The summed E-state index contributed by atoms with van der Waals surface area (Å²) in [4.78, 5) is 8.13. The molecule has 0 radical (unpaired) electrons. The second-order valence-corrected chi connectivity index (χ2v) is 5.03. The number of hydrogen-bond acceptors (Lipinski definition) is 5. The van der Waals surface area contributed by atoms with Crippen LogP contribution in [0.4, 0.5) is 5.69 Å². The van der Waals surface area contributed by atoms with E-state index in [0.29, 0.717) is 23.3 Å². The highest BCUT2D eigenvalue weighted by Crippen LogP contribution is 2.31. The number of rotatable bonds is 5. The summed E-state index contributed by atoms with van der Waals surface area (Å²) in [7, 11) is 3.11. The average molecular weight is 359 g/mol. The molecule has 20 heavy (non-hydrogen) atoms. The Kier molecular flexibility index (Phi) is 5.03. The lowest BCUT2D eigenvalue weighted by molar-refractivity contribution is 0.363.